The van der Waals surface area contributed by atoms with E-state index in [1.54, 1.807) is 0 Å². The topological polar surface area (TPSA) is 63.0 Å². The molecule has 1 fully saturated rings. The highest BCUT2D eigenvalue weighted by molar-refractivity contribution is 7.16. The van der Waals surface area contributed by atoms with Gasteiger partial charge in [-0.3, -0.25) is 0 Å². The van der Waals surface area contributed by atoms with E-state index >= 15 is 0 Å². The van der Waals surface area contributed by atoms with Crippen LogP contribution < -0.4 is 16.4 Å². The zero-order valence-electron chi connectivity index (χ0n) is 12.0. The fourth-order valence-electron chi connectivity index (χ4n) is 2.25. The number of aromatic nitrogens is 1. The molecule has 0 aliphatic carbocycles. The molecule has 0 bridgehead atoms. The van der Waals surface area contributed by atoms with E-state index < -0.39 is 0 Å². The quantitative estimate of drug-likeness (QED) is 0.707. The molecule has 0 atom stereocenters. The lowest BCUT2D eigenvalue weighted by atomic mass is 10.1. The number of piperidine rings is 1. The van der Waals surface area contributed by atoms with E-state index in [4.69, 9.17) is 5.73 Å². The molecule has 0 radical (unpaired) electrons. The van der Waals surface area contributed by atoms with Crippen LogP contribution in [0, 0.1) is 0 Å². The number of allylic oxidation sites excluding steroid dienone is 4. The molecule has 1 aliphatic rings. The summed E-state index contributed by atoms with van der Waals surface area (Å²) in [7, 11) is 0. The zero-order chi connectivity index (χ0) is 15.2. The number of nitrogens with one attached hydrogen (secondary N) is 2. The molecule has 1 saturated heterocycles. The van der Waals surface area contributed by atoms with Gasteiger partial charge in [-0.05, 0) is 37.6 Å². The van der Waals surface area contributed by atoms with Crippen LogP contribution in [0.3, 0.4) is 0 Å². The molecular weight excluding hydrogens is 287 g/mol. The minimum absolute atomic E-state index is 0.370. The molecule has 2 heterocycles. The van der Waals surface area contributed by atoms with Gasteiger partial charge in [-0.15, -0.1) is 0 Å². The third kappa shape index (κ3) is 4.15. The highest BCUT2D eigenvalue weighted by Gasteiger charge is 2.16. The van der Waals surface area contributed by atoms with Gasteiger partial charge in [-0.1, -0.05) is 30.6 Å². The van der Waals surface area contributed by atoms with Crippen molar-refractivity contribution in [1.29, 1.82) is 0 Å². The number of hydrogen-bond donors (Lipinski definition) is 3. The number of thiazole rings is 1. The summed E-state index contributed by atoms with van der Waals surface area (Å²) in [4.78, 5) is 5.18. The van der Waals surface area contributed by atoms with Crippen LogP contribution in [-0.2, 0) is 6.42 Å². The van der Waals surface area contributed by atoms with Crippen molar-refractivity contribution in [2.24, 2.45) is 0 Å². The number of rotatable bonds is 6. The lowest BCUT2D eigenvalue weighted by molar-refractivity contribution is 0.479. The second kappa shape index (κ2) is 7.38. The Kier molecular flexibility index (Phi) is 5.52. The van der Waals surface area contributed by atoms with E-state index in [1.165, 1.54) is 23.5 Å². The number of nitrogens with two attached hydrogens (primary N) is 1. The molecule has 0 aromatic carbocycles. The maximum absolute atomic E-state index is 13.6. The van der Waals surface area contributed by atoms with E-state index in [0.29, 0.717) is 23.9 Å². The third-order valence-corrected chi connectivity index (χ3v) is 4.48. The van der Waals surface area contributed by atoms with Gasteiger partial charge in [-0.2, -0.15) is 0 Å². The molecule has 0 amide bonds. The molecule has 1 aromatic heterocycles. The summed E-state index contributed by atoms with van der Waals surface area (Å²) in [6, 6.07) is 0.420. The zero-order valence-corrected chi connectivity index (χ0v) is 12.8. The van der Waals surface area contributed by atoms with Gasteiger partial charge in [0.1, 0.15) is 11.6 Å². The average molecular weight is 308 g/mol. The molecule has 1 aliphatic heterocycles. The Morgan fingerprint density at radius 3 is 2.76 bits per heavy atom. The molecule has 0 saturated carbocycles. The molecule has 4 nitrogen and oxygen atoms in total. The number of nitrogens with zero attached hydrogens (tertiary/aromatic N) is 1. The SMILES string of the molecule is C=C/C(F)=C(\C=C)Cc1sc(NC2CCNCC2)nc1N. The number of anilines is 2. The van der Waals surface area contributed by atoms with Crippen LogP contribution in [0.1, 0.15) is 17.7 Å². The van der Waals surface area contributed by atoms with E-state index in [1.807, 2.05) is 0 Å². The summed E-state index contributed by atoms with van der Waals surface area (Å²) in [6.45, 7) is 9.09. The van der Waals surface area contributed by atoms with Gasteiger partial charge in [-0.25, -0.2) is 9.37 Å². The molecule has 6 heteroatoms. The average Bonchev–Trinajstić information content (AvgIpc) is 2.84. The summed E-state index contributed by atoms with van der Waals surface area (Å²) in [5, 5.41) is 7.53. The van der Waals surface area contributed by atoms with Crippen molar-refractivity contribution in [1.82, 2.24) is 10.3 Å². The number of halogens is 1. The predicted molar refractivity (Wildman–Crippen MR) is 88.3 cm³/mol. The Labute approximate surface area is 128 Å². The first kappa shape index (κ1) is 15.7. The van der Waals surface area contributed by atoms with Gasteiger partial charge >= 0.3 is 0 Å². The summed E-state index contributed by atoms with van der Waals surface area (Å²) in [5.74, 6) is 0.0818. The fraction of sp³-hybridized carbons (Fsp3) is 0.400. The second-order valence-electron chi connectivity index (χ2n) is 4.95. The van der Waals surface area contributed by atoms with E-state index in [9.17, 15) is 4.39 Å². The third-order valence-electron chi connectivity index (χ3n) is 3.48. The maximum Gasteiger partial charge on any atom is 0.185 e. The highest BCUT2D eigenvalue weighted by Crippen LogP contribution is 2.29. The van der Waals surface area contributed by atoms with Gasteiger partial charge in [0.2, 0.25) is 0 Å². The first-order valence-electron chi connectivity index (χ1n) is 7.00. The van der Waals surface area contributed by atoms with Crippen molar-refractivity contribution < 1.29 is 4.39 Å². The lowest BCUT2D eigenvalue weighted by Gasteiger charge is -2.23. The van der Waals surface area contributed by atoms with Crippen molar-refractivity contribution in [3.8, 4) is 0 Å². The van der Waals surface area contributed by atoms with Gasteiger partial charge in [0.25, 0.3) is 0 Å². The highest BCUT2D eigenvalue weighted by atomic mass is 32.1. The molecule has 0 unspecified atom stereocenters. The van der Waals surface area contributed by atoms with Crippen molar-refractivity contribution in [2.75, 3.05) is 24.1 Å². The Bertz CT molecular complexity index is 544. The molecule has 4 N–H and O–H groups in total. The monoisotopic (exact) mass is 308 g/mol. The summed E-state index contributed by atoms with van der Waals surface area (Å²) in [5.41, 5.74) is 6.41. The molecular formula is C15H21FN4S. The Balaban J connectivity index is 2.08. The Morgan fingerprint density at radius 2 is 2.14 bits per heavy atom. The minimum atomic E-state index is -0.370. The largest absolute Gasteiger partial charge is 0.383 e. The van der Waals surface area contributed by atoms with Crippen LogP contribution in [0.2, 0.25) is 0 Å². The van der Waals surface area contributed by atoms with Crippen LogP contribution in [0.25, 0.3) is 0 Å². The summed E-state index contributed by atoms with van der Waals surface area (Å²) in [6.07, 6.45) is 5.20. The van der Waals surface area contributed by atoms with Crippen LogP contribution in [0.5, 0.6) is 0 Å². The number of nitrogen functional groups attached to an aromatic ring is 1. The predicted octanol–water partition coefficient (Wildman–Crippen LogP) is 3.03. The minimum Gasteiger partial charge on any atom is -0.383 e. The fourth-order valence-corrected chi connectivity index (χ4v) is 3.23. The van der Waals surface area contributed by atoms with Crippen LogP contribution in [0.4, 0.5) is 15.3 Å². The first-order valence-corrected chi connectivity index (χ1v) is 7.81. The standard InChI is InChI=1S/C15H21FN4S/c1-3-10(12(16)4-2)9-13-14(17)20-15(21-13)19-11-5-7-18-8-6-11/h3-4,11,18H,1-2,5-9,17H2,(H,19,20)/b12-10-. The molecule has 114 valence electrons. The number of hydrogen-bond acceptors (Lipinski definition) is 5. The lowest BCUT2D eigenvalue weighted by Crippen LogP contribution is -2.35. The second-order valence-corrected chi connectivity index (χ2v) is 6.04. The molecule has 1 aromatic rings. The van der Waals surface area contributed by atoms with Gasteiger partial charge < -0.3 is 16.4 Å². The molecule has 21 heavy (non-hydrogen) atoms. The smallest absolute Gasteiger partial charge is 0.185 e. The van der Waals surface area contributed by atoms with Gasteiger partial charge in [0.05, 0.1) is 4.88 Å². The Morgan fingerprint density at radius 1 is 1.43 bits per heavy atom. The summed E-state index contributed by atoms with van der Waals surface area (Å²) < 4.78 is 13.6. The van der Waals surface area contributed by atoms with Crippen molar-refractivity contribution >= 4 is 22.3 Å². The van der Waals surface area contributed by atoms with E-state index in [-0.39, 0.29) is 5.83 Å². The van der Waals surface area contributed by atoms with Gasteiger partial charge in [0, 0.05) is 12.5 Å². The normalized spacial score (nSPS) is 17.2. The van der Waals surface area contributed by atoms with Gasteiger partial charge in [0.15, 0.2) is 5.13 Å². The first-order chi connectivity index (χ1) is 10.1. The molecule has 2 rings (SSSR count). The molecule has 0 spiro atoms. The van der Waals surface area contributed by atoms with Crippen LogP contribution >= 0.6 is 11.3 Å². The van der Waals surface area contributed by atoms with Crippen LogP contribution in [0.15, 0.2) is 36.7 Å². The van der Waals surface area contributed by atoms with Crippen molar-refractivity contribution in [2.45, 2.75) is 25.3 Å². The van der Waals surface area contributed by atoms with Crippen molar-refractivity contribution in [3.63, 3.8) is 0 Å². The van der Waals surface area contributed by atoms with Crippen LogP contribution in [-0.4, -0.2) is 24.1 Å². The maximum atomic E-state index is 13.6. The Hall–Kier alpha value is -1.66. The van der Waals surface area contributed by atoms with Crippen molar-refractivity contribution in [3.05, 3.63) is 41.6 Å². The van der Waals surface area contributed by atoms with E-state index in [0.717, 1.165) is 35.9 Å². The summed E-state index contributed by atoms with van der Waals surface area (Å²) >= 11 is 1.47. The van der Waals surface area contributed by atoms with E-state index in [2.05, 4.69) is 28.8 Å².